The van der Waals surface area contributed by atoms with Crippen LogP contribution in [0.3, 0.4) is 0 Å². The Morgan fingerprint density at radius 3 is 2.21 bits per heavy atom. The summed E-state index contributed by atoms with van der Waals surface area (Å²) in [5.74, 6) is -3.11. The van der Waals surface area contributed by atoms with Crippen molar-refractivity contribution in [3.8, 4) is 11.6 Å². The van der Waals surface area contributed by atoms with E-state index < -0.39 is 81.7 Å². The monoisotopic (exact) mass is 566 g/mol. The van der Waals surface area contributed by atoms with Crippen LogP contribution < -0.4 is 5.32 Å². The van der Waals surface area contributed by atoms with Crippen molar-refractivity contribution in [2.45, 2.75) is 90.3 Å². The van der Waals surface area contributed by atoms with Gasteiger partial charge in [0.25, 0.3) is 11.8 Å². The van der Waals surface area contributed by atoms with Crippen LogP contribution in [-0.2, 0) is 16.5 Å². The molecular weight excluding hydrogens is 538 g/mol. The van der Waals surface area contributed by atoms with E-state index in [2.05, 4.69) is 20.5 Å². The zero-order chi connectivity index (χ0) is 29.6. The summed E-state index contributed by atoms with van der Waals surface area (Å²) in [4.78, 5) is 29.6. The molecule has 3 rings (SSSR count). The maximum atomic E-state index is 14.1. The zero-order valence-corrected chi connectivity index (χ0v) is 21.8. The number of nitrogens with zero attached hydrogens (tertiary/aromatic N) is 3. The largest absolute Gasteiger partial charge is 0.444 e. The summed E-state index contributed by atoms with van der Waals surface area (Å²) in [6.07, 6.45) is -12.3. The molecular formula is C24H28F6N4O5. The molecule has 2 aromatic heterocycles. The molecule has 0 radical (unpaired) electrons. The van der Waals surface area contributed by atoms with Gasteiger partial charge in [0.2, 0.25) is 5.60 Å². The molecule has 0 aliphatic carbocycles. The number of nitrogens with one attached hydrogen (secondary N) is 1. The van der Waals surface area contributed by atoms with Crippen LogP contribution in [0.5, 0.6) is 0 Å². The molecule has 1 unspecified atom stereocenters. The van der Waals surface area contributed by atoms with E-state index in [9.17, 15) is 41.0 Å². The standard InChI is InChI=1S/C24H28F6N4O5/c1-20(2,3)39-19(36)31-13-11-12(23(25,26)27)14-16(35)21(4,5)9-7-6-8-10-22(37,24(28,29)30)18-34-33-17(38-18)15(13)32-14/h11,37H,6-10H2,1-5H3,(H,31,36). The summed E-state index contributed by atoms with van der Waals surface area (Å²) in [5.41, 5.74) is -9.99. The minimum absolute atomic E-state index is 0.0287. The van der Waals surface area contributed by atoms with E-state index in [1.54, 1.807) is 0 Å². The van der Waals surface area contributed by atoms with E-state index in [1.165, 1.54) is 34.6 Å². The molecule has 2 aromatic rings. The Labute approximate surface area is 219 Å². The Morgan fingerprint density at radius 2 is 1.64 bits per heavy atom. The number of halogens is 6. The lowest BCUT2D eigenvalue weighted by Crippen LogP contribution is -2.42. The van der Waals surface area contributed by atoms with Crippen LogP contribution in [0.2, 0.25) is 0 Å². The number of Topliss-reactive ketones (excluding diaryl/α,β-unsaturated/α-hetero) is 1. The number of carbonyl (C=O) groups is 2. The van der Waals surface area contributed by atoms with Gasteiger partial charge in [0.15, 0.2) is 11.5 Å². The molecule has 4 bridgehead atoms. The normalized spacial score (nSPS) is 20.8. The highest BCUT2D eigenvalue weighted by atomic mass is 19.4. The minimum Gasteiger partial charge on any atom is -0.444 e. The summed E-state index contributed by atoms with van der Waals surface area (Å²) in [6, 6.07) is 0.404. The smallest absolute Gasteiger partial charge is 0.426 e. The van der Waals surface area contributed by atoms with Gasteiger partial charge in [-0.3, -0.25) is 10.1 Å². The van der Waals surface area contributed by atoms with Crippen LogP contribution in [-0.4, -0.2) is 43.9 Å². The van der Waals surface area contributed by atoms with Crippen LogP contribution in [0.15, 0.2) is 10.5 Å². The molecule has 1 amide bonds. The molecule has 0 fully saturated rings. The van der Waals surface area contributed by atoms with Crippen molar-refractivity contribution in [2.24, 2.45) is 5.41 Å². The highest BCUT2D eigenvalue weighted by molar-refractivity contribution is 6.01. The third-order valence-corrected chi connectivity index (χ3v) is 6.08. The summed E-state index contributed by atoms with van der Waals surface area (Å²) in [5, 5.41) is 19.4. The number of hydrogen-bond acceptors (Lipinski definition) is 8. The first-order valence-electron chi connectivity index (χ1n) is 12.0. The fourth-order valence-electron chi connectivity index (χ4n) is 3.99. The maximum Gasteiger partial charge on any atom is 0.426 e. The van der Waals surface area contributed by atoms with Crippen molar-refractivity contribution >= 4 is 17.6 Å². The summed E-state index contributed by atoms with van der Waals surface area (Å²) in [6.45, 7) is 7.26. The number of amides is 1. The van der Waals surface area contributed by atoms with Gasteiger partial charge in [0, 0.05) is 5.41 Å². The number of carbonyl (C=O) groups excluding carboxylic acids is 2. The van der Waals surface area contributed by atoms with E-state index in [0.717, 1.165) is 0 Å². The van der Waals surface area contributed by atoms with Crippen molar-refractivity contribution in [3.05, 3.63) is 23.2 Å². The average molecular weight is 566 g/mol. The molecule has 2 N–H and O–H groups in total. The molecule has 1 atom stereocenters. The summed E-state index contributed by atoms with van der Waals surface area (Å²) in [7, 11) is 0. The molecule has 216 valence electrons. The molecule has 0 aromatic carbocycles. The number of alkyl halides is 6. The predicted molar refractivity (Wildman–Crippen MR) is 124 cm³/mol. The number of aliphatic hydroxyl groups is 1. The summed E-state index contributed by atoms with van der Waals surface area (Å²) >= 11 is 0. The second-order valence-electron chi connectivity index (χ2n) is 10.9. The van der Waals surface area contributed by atoms with Crippen LogP contribution in [0, 0.1) is 5.41 Å². The first-order chi connectivity index (χ1) is 17.7. The second-order valence-corrected chi connectivity index (χ2v) is 10.9. The number of hydrogen-bond donors (Lipinski definition) is 2. The topological polar surface area (TPSA) is 127 Å². The van der Waals surface area contributed by atoms with Gasteiger partial charge in [-0.25, -0.2) is 9.78 Å². The number of fused-ring (bicyclic) bond motifs is 5. The number of anilines is 1. The van der Waals surface area contributed by atoms with Crippen molar-refractivity contribution < 1.29 is 50.2 Å². The number of pyridine rings is 1. The second kappa shape index (κ2) is 10.1. The van der Waals surface area contributed by atoms with Crippen molar-refractivity contribution in [1.29, 1.82) is 0 Å². The molecule has 0 spiro atoms. The number of rotatable bonds is 1. The third-order valence-electron chi connectivity index (χ3n) is 6.08. The van der Waals surface area contributed by atoms with Gasteiger partial charge >= 0.3 is 18.4 Å². The third kappa shape index (κ3) is 6.50. The van der Waals surface area contributed by atoms with Gasteiger partial charge in [-0.05, 0) is 46.1 Å². The minimum atomic E-state index is -5.24. The van der Waals surface area contributed by atoms with Crippen molar-refractivity contribution in [2.75, 3.05) is 5.32 Å². The molecule has 1 aliphatic rings. The summed E-state index contributed by atoms with van der Waals surface area (Å²) < 4.78 is 94.3. The molecule has 0 saturated carbocycles. The quantitative estimate of drug-likeness (QED) is 0.379. The van der Waals surface area contributed by atoms with Gasteiger partial charge in [0.05, 0.1) is 11.3 Å². The SMILES string of the molecule is CC(C)(C)OC(=O)Nc1cc(C(F)(F)F)c2nc1-c1nnc(o1)C(O)(C(F)(F)F)CCCCCC(C)(C)C2=O. The first kappa shape index (κ1) is 30.3. The number of ether oxygens (including phenoxy) is 1. The first-order valence-corrected chi connectivity index (χ1v) is 12.0. The van der Waals surface area contributed by atoms with E-state index in [1.807, 2.05) is 0 Å². The van der Waals surface area contributed by atoms with Gasteiger partial charge in [-0.15, -0.1) is 10.2 Å². The maximum absolute atomic E-state index is 14.1. The van der Waals surface area contributed by atoms with Crippen LogP contribution in [0.1, 0.15) is 88.7 Å². The Morgan fingerprint density at radius 1 is 1.03 bits per heavy atom. The Hall–Kier alpha value is -3.23. The lowest BCUT2D eigenvalue weighted by molar-refractivity contribution is -0.277. The predicted octanol–water partition coefficient (Wildman–Crippen LogP) is 6.42. The van der Waals surface area contributed by atoms with Gasteiger partial charge in [-0.2, -0.15) is 26.3 Å². The van der Waals surface area contributed by atoms with Crippen molar-refractivity contribution in [3.63, 3.8) is 0 Å². The van der Waals surface area contributed by atoms with E-state index in [4.69, 9.17) is 9.15 Å². The van der Waals surface area contributed by atoms with Gasteiger partial charge in [0.1, 0.15) is 11.3 Å². The van der Waals surface area contributed by atoms with E-state index in [-0.39, 0.29) is 25.7 Å². The number of aromatic nitrogens is 3. The molecule has 15 heteroatoms. The molecule has 39 heavy (non-hydrogen) atoms. The Kier molecular flexibility index (Phi) is 7.82. The van der Waals surface area contributed by atoms with Crippen LogP contribution in [0.25, 0.3) is 11.6 Å². The molecule has 0 saturated heterocycles. The zero-order valence-electron chi connectivity index (χ0n) is 21.8. The van der Waals surface area contributed by atoms with Gasteiger partial charge < -0.3 is 14.3 Å². The van der Waals surface area contributed by atoms with Gasteiger partial charge in [-0.1, -0.05) is 26.7 Å². The number of ketones is 1. The molecule has 1 aliphatic heterocycles. The highest BCUT2D eigenvalue weighted by Gasteiger charge is 2.58. The average Bonchev–Trinajstić information content (AvgIpc) is 3.25. The van der Waals surface area contributed by atoms with E-state index >= 15 is 0 Å². The fourth-order valence-corrected chi connectivity index (χ4v) is 3.99. The fraction of sp³-hybridized carbons (Fsp3) is 0.625. The van der Waals surface area contributed by atoms with Crippen molar-refractivity contribution in [1.82, 2.24) is 15.2 Å². The Bertz CT molecular complexity index is 1250. The Balaban J connectivity index is 2.32. The van der Waals surface area contributed by atoms with Crippen LogP contribution in [0.4, 0.5) is 36.8 Å². The van der Waals surface area contributed by atoms with Crippen LogP contribution >= 0.6 is 0 Å². The molecule has 3 heterocycles. The lowest BCUT2D eigenvalue weighted by Gasteiger charge is -2.28. The molecule has 9 nitrogen and oxygen atoms in total. The lowest BCUT2D eigenvalue weighted by atomic mass is 9.79. The highest BCUT2D eigenvalue weighted by Crippen LogP contribution is 2.45. The van der Waals surface area contributed by atoms with E-state index in [0.29, 0.717) is 6.07 Å².